The Hall–Kier alpha value is -2.53. The highest BCUT2D eigenvalue weighted by Crippen LogP contribution is 2.22. The summed E-state index contributed by atoms with van der Waals surface area (Å²) in [5.41, 5.74) is 5.27. The maximum absolute atomic E-state index is 12.1. The molecular weight excluding hydrogens is 300 g/mol. The Morgan fingerprint density at radius 3 is 2.73 bits per heavy atom. The largest absolute Gasteiger partial charge is 0.334 e. The lowest BCUT2D eigenvalue weighted by Gasteiger charge is -2.16. The summed E-state index contributed by atoms with van der Waals surface area (Å²) in [7, 11) is 0. The number of carbonyl (C=O) groups excluding carboxylic acids is 1. The van der Waals surface area contributed by atoms with Crippen molar-refractivity contribution < 1.29 is 4.79 Å². The molecule has 2 aromatic carbocycles. The Balaban J connectivity index is 1.71. The van der Waals surface area contributed by atoms with Crippen LogP contribution in [-0.2, 0) is 0 Å². The third-order valence-corrected chi connectivity index (χ3v) is 3.74. The minimum atomic E-state index is -0.324. The van der Waals surface area contributed by atoms with E-state index in [9.17, 15) is 4.79 Å². The standard InChI is InChI=1S/C16H15ClN4O/c1-11(12-6-2-3-7-13(12)17)19-16(22)20-21-10-18-14-8-4-5-9-15(14)21/h2-11H,1H3,(H2,19,20,22)/t11-/m1/s1. The second-order valence-corrected chi connectivity index (χ2v) is 5.34. The molecule has 3 rings (SSSR count). The van der Waals surface area contributed by atoms with Crippen molar-refractivity contribution in [3.63, 3.8) is 0 Å². The molecular formula is C16H15ClN4O. The van der Waals surface area contributed by atoms with Crippen LogP contribution in [0.4, 0.5) is 4.79 Å². The van der Waals surface area contributed by atoms with E-state index in [-0.39, 0.29) is 12.1 Å². The van der Waals surface area contributed by atoms with Crippen molar-refractivity contribution in [3.8, 4) is 0 Å². The highest BCUT2D eigenvalue weighted by Gasteiger charge is 2.13. The minimum Gasteiger partial charge on any atom is -0.330 e. The fourth-order valence-electron chi connectivity index (χ4n) is 2.29. The van der Waals surface area contributed by atoms with Crippen LogP contribution in [-0.4, -0.2) is 15.7 Å². The highest BCUT2D eigenvalue weighted by atomic mass is 35.5. The summed E-state index contributed by atoms with van der Waals surface area (Å²) in [4.78, 5) is 16.4. The van der Waals surface area contributed by atoms with Crippen molar-refractivity contribution in [2.24, 2.45) is 0 Å². The van der Waals surface area contributed by atoms with Crippen molar-refractivity contribution >= 4 is 28.7 Å². The van der Waals surface area contributed by atoms with Gasteiger partial charge in [-0.15, -0.1) is 0 Å². The molecule has 6 heteroatoms. The molecule has 1 atom stereocenters. The fraction of sp³-hybridized carbons (Fsp3) is 0.125. The lowest BCUT2D eigenvalue weighted by molar-refractivity contribution is 0.247. The van der Waals surface area contributed by atoms with Gasteiger partial charge in [0.2, 0.25) is 0 Å². The van der Waals surface area contributed by atoms with Crippen LogP contribution in [0.15, 0.2) is 54.9 Å². The molecule has 0 aliphatic heterocycles. The Morgan fingerprint density at radius 1 is 1.18 bits per heavy atom. The number of urea groups is 1. The summed E-state index contributed by atoms with van der Waals surface area (Å²) in [6.45, 7) is 1.88. The first-order valence-electron chi connectivity index (χ1n) is 6.89. The number of aromatic nitrogens is 2. The molecule has 112 valence electrons. The van der Waals surface area contributed by atoms with E-state index in [1.165, 1.54) is 0 Å². The maximum Gasteiger partial charge on any atom is 0.334 e. The molecule has 0 saturated carbocycles. The van der Waals surface area contributed by atoms with Crippen molar-refractivity contribution in [2.75, 3.05) is 5.43 Å². The van der Waals surface area contributed by atoms with Gasteiger partial charge in [0, 0.05) is 5.02 Å². The number of amides is 2. The van der Waals surface area contributed by atoms with E-state index < -0.39 is 0 Å². The molecule has 0 saturated heterocycles. The molecule has 3 aromatic rings. The summed E-state index contributed by atoms with van der Waals surface area (Å²) < 4.78 is 1.59. The van der Waals surface area contributed by atoms with Crippen molar-refractivity contribution in [3.05, 3.63) is 65.4 Å². The number of halogens is 1. The van der Waals surface area contributed by atoms with E-state index >= 15 is 0 Å². The van der Waals surface area contributed by atoms with Crippen molar-refractivity contribution in [1.82, 2.24) is 15.0 Å². The number of imidazole rings is 1. The van der Waals surface area contributed by atoms with E-state index in [0.717, 1.165) is 16.6 Å². The number of nitrogens with zero attached hydrogens (tertiary/aromatic N) is 2. The first-order valence-corrected chi connectivity index (χ1v) is 7.27. The molecule has 0 aliphatic rings. The fourth-order valence-corrected chi connectivity index (χ4v) is 2.59. The topological polar surface area (TPSA) is 59.0 Å². The number of hydrogen-bond donors (Lipinski definition) is 2. The van der Waals surface area contributed by atoms with E-state index in [4.69, 9.17) is 11.6 Å². The molecule has 0 radical (unpaired) electrons. The first-order chi connectivity index (χ1) is 10.6. The quantitative estimate of drug-likeness (QED) is 0.774. The van der Waals surface area contributed by atoms with Gasteiger partial charge in [-0.3, -0.25) is 0 Å². The van der Waals surface area contributed by atoms with Gasteiger partial charge >= 0.3 is 6.03 Å². The van der Waals surface area contributed by atoms with Crippen molar-refractivity contribution in [1.29, 1.82) is 0 Å². The molecule has 0 spiro atoms. The summed E-state index contributed by atoms with van der Waals surface area (Å²) in [6.07, 6.45) is 1.57. The van der Waals surface area contributed by atoms with Gasteiger partial charge in [0.05, 0.1) is 17.1 Å². The molecule has 2 N–H and O–H groups in total. The Morgan fingerprint density at radius 2 is 1.91 bits per heavy atom. The summed E-state index contributed by atoms with van der Waals surface area (Å²) in [6, 6.07) is 14.5. The molecule has 0 bridgehead atoms. The molecule has 0 aliphatic carbocycles. The van der Waals surface area contributed by atoms with E-state index in [0.29, 0.717) is 5.02 Å². The number of fused-ring (bicyclic) bond motifs is 1. The molecule has 0 fully saturated rings. The van der Waals surface area contributed by atoms with Gasteiger partial charge in [-0.05, 0) is 30.7 Å². The number of hydrogen-bond acceptors (Lipinski definition) is 2. The molecule has 0 unspecified atom stereocenters. The number of carbonyl (C=O) groups is 1. The Bertz CT molecular complexity index is 815. The van der Waals surface area contributed by atoms with Crippen LogP contribution in [0, 0.1) is 0 Å². The average Bonchev–Trinajstić information content (AvgIpc) is 2.91. The van der Waals surface area contributed by atoms with E-state index in [1.807, 2.05) is 49.4 Å². The monoisotopic (exact) mass is 314 g/mol. The molecule has 22 heavy (non-hydrogen) atoms. The minimum absolute atomic E-state index is 0.205. The van der Waals surface area contributed by atoms with Gasteiger partial charge in [0.1, 0.15) is 6.33 Å². The van der Waals surface area contributed by atoms with Crippen LogP contribution >= 0.6 is 11.6 Å². The van der Waals surface area contributed by atoms with Crippen LogP contribution in [0.3, 0.4) is 0 Å². The summed E-state index contributed by atoms with van der Waals surface area (Å²) >= 11 is 6.14. The van der Waals surface area contributed by atoms with Gasteiger partial charge < -0.3 is 5.32 Å². The first kappa shape index (κ1) is 14.4. The van der Waals surface area contributed by atoms with Gasteiger partial charge in [-0.2, -0.15) is 0 Å². The van der Waals surface area contributed by atoms with Crippen molar-refractivity contribution in [2.45, 2.75) is 13.0 Å². The average molecular weight is 315 g/mol. The normalized spacial score (nSPS) is 12.1. The molecule has 5 nitrogen and oxygen atoms in total. The summed E-state index contributed by atoms with van der Waals surface area (Å²) in [5, 5.41) is 3.49. The lowest BCUT2D eigenvalue weighted by atomic mass is 10.1. The zero-order valence-electron chi connectivity index (χ0n) is 12.0. The Labute approximate surface area is 132 Å². The number of benzene rings is 2. The number of nitrogens with one attached hydrogen (secondary N) is 2. The predicted molar refractivity (Wildman–Crippen MR) is 87.5 cm³/mol. The van der Waals surface area contributed by atoms with Gasteiger partial charge in [-0.1, -0.05) is 41.9 Å². The van der Waals surface area contributed by atoms with Crippen LogP contribution in [0.2, 0.25) is 5.02 Å². The zero-order chi connectivity index (χ0) is 15.5. The zero-order valence-corrected chi connectivity index (χ0v) is 12.7. The van der Waals surface area contributed by atoms with Crippen LogP contribution in [0.1, 0.15) is 18.5 Å². The van der Waals surface area contributed by atoms with Gasteiger partial charge in [0.15, 0.2) is 0 Å². The lowest BCUT2D eigenvalue weighted by Crippen LogP contribution is -2.35. The van der Waals surface area contributed by atoms with Gasteiger partial charge in [0.25, 0.3) is 0 Å². The SMILES string of the molecule is C[C@@H](NC(=O)Nn1cnc2ccccc21)c1ccccc1Cl. The third-order valence-electron chi connectivity index (χ3n) is 3.39. The predicted octanol–water partition coefficient (Wildman–Crippen LogP) is 3.70. The number of para-hydroxylation sites is 2. The Kier molecular flexibility index (Phi) is 3.98. The second-order valence-electron chi connectivity index (χ2n) is 4.93. The van der Waals surface area contributed by atoms with Crippen LogP contribution in [0.25, 0.3) is 11.0 Å². The third kappa shape index (κ3) is 2.89. The summed E-state index contributed by atoms with van der Waals surface area (Å²) in [5.74, 6) is 0. The second kappa shape index (κ2) is 6.07. The van der Waals surface area contributed by atoms with E-state index in [2.05, 4.69) is 15.7 Å². The van der Waals surface area contributed by atoms with Crippen LogP contribution < -0.4 is 10.7 Å². The molecule has 1 aromatic heterocycles. The number of rotatable bonds is 3. The van der Waals surface area contributed by atoms with Crippen LogP contribution in [0.5, 0.6) is 0 Å². The maximum atomic E-state index is 12.1. The molecule has 2 amide bonds. The smallest absolute Gasteiger partial charge is 0.330 e. The molecule has 1 heterocycles. The van der Waals surface area contributed by atoms with E-state index in [1.54, 1.807) is 17.1 Å². The highest BCUT2D eigenvalue weighted by molar-refractivity contribution is 6.31. The van der Waals surface area contributed by atoms with Gasteiger partial charge in [-0.25, -0.2) is 19.9 Å².